The second kappa shape index (κ2) is 4.05. The van der Waals surface area contributed by atoms with Crippen molar-refractivity contribution in [3.8, 4) is 0 Å². The molecule has 0 aromatic carbocycles. The van der Waals surface area contributed by atoms with Crippen LogP contribution in [0, 0.1) is 0 Å². The molecule has 0 saturated heterocycles. The molecule has 0 heterocycles. The van der Waals surface area contributed by atoms with Crippen molar-refractivity contribution in [2.45, 2.75) is 0 Å². The lowest BCUT2D eigenvalue weighted by atomic mass is 10.6. The first-order chi connectivity index (χ1) is 2.41. The molecular weight excluding hydrogens is 65.6 g/mol. The Morgan fingerprint density at radius 1 is 1.20 bits per heavy atom. The Kier molecular flexibility index (Phi) is 4.09. The third-order valence-corrected chi connectivity index (χ3v) is 0.136. The van der Waals surface area contributed by atoms with Gasteiger partial charge in [0.15, 0.2) is 0 Å². The molecule has 0 unspecified atom stereocenters. The van der Waals surface area contributed by atoms with Crippen LogP contribution in [0.15, 0.2) is 0 Å². The molecule has 4 heteroatoms. The van der Waals surface area contributed by atoms with Gasteiger partial charge in [0, 0.05) is 0 Å². The van der Waals surface area contributed by atoms with Crippen molar-refractivity contribution in [3.05, 3.63) is 0 Å². The highest BCUT2D eigenvalue weighted by molar-refractivity contribution is 5.99. The van der Waals surface area contributed by atoms with Crippen LogP contribution in [0.25, 0.3) is 0 Å². The standard InChI is InChI=1S/CH2B2O2/c2-4-1-5-3/h1H2. The maximum atomic E-state index is 4.43. The smallest absolute Gasteiger partial charge is 0.285 e. The lowest BCUT2D eigenvalue weighted by molar-refractivity contribution is 0.142. The molecule has 2 nitrogen and oxygen atoms in total. The molecule has 5 heavy (non-hydrogen) atoms. The molecule has 0 amide bonds. The van der Waals surface area contributed by atoms with E-state index in [1.54, 1.807) is 0 Å². The van der Waals surface area contributed by atoms with Crippen LogP contribution in [0.5, 0.6) is 0 Å². The SMILES string of the molecule is [B]OCO[B]. The van der Waals surface area contributed by atoms with Crippen LogP contribution < -0.4 is 0 Å². The van der Waals surface area contributed by atoms with Gasteiger partial charge < -0.3 is 9.31 Å². The third kappa shape index (κ3) is 4.05. The highest BCUT2D eigenvalue weighted by Crippen LogP contribution is 1.57. The molecule has 0 saturated carbocycles. The van der Waals surface area contributed by atoms with E-state index in [1.807, 2.05) is 0 Å². The van der Waals surface area contributed by atoms with Crippen LogP contribution in [0.2, 0.25) is 0 Å². The summed E-state index contributed by atoms with van der Waals surface area (Å²) in [6.07, 6.45) is 0. The monoisotopic (exact) mass is 68.0 g/mol. The highest BCUT2D eigenvalue weighted by atomic mass is 16.6. The highest BCUT2D eigenvalue weighted by Gasteiger charge is 1.63. The zero-order valence-corrected chi connectivity index (χ0v) is 2.68. The number of hydrogen-bond donors (Lipinski definition) is 0. The summed E-state index contributed by atoms with van der Waals surface area (Å²) < 4.78 is 7.69. The van der Waals surface area contributed by atoms with Gasteiger partial charge in [0.25, 0.3) is 16.1 Å². The summed E-state index contributed by atoms with van der Waals surface area (Å²) in [6.45, 7) is -0.0556. The predicted octanol–water partition coefficient (Wildman–Crippen LogP) is -0.856. The third-order valence-electron chi connectivity index (χ3n) is 0.136. The molecule has 0 aliphatic carbocycles. The summed E-state index contributed by atoms with van der Waals surface area (Å²) >= 11 is 0. The lowest BCUT2D eigenvalue weighted by Crippen LogP contribution is -1.90. The van der Waals surface area contributed by atoms with Crippen LogP contribution in [0.3, 0.4) is 0 Å². The first-order valence-electron chi connectivity index (χ1n) is 1.05. The van der Waals surface area contributed by atoms with Gasteiger partial charge in [-0.05, 0) is 0 Å². The van der Waals surface area contributed by atoms with E-state index in [-0.39, 0.29) is 6.79 Å². The quantitative estimate of drug-likeness (QED) is 0.309. The van der Waals surface area contributed by atoms with Gasteiger partial charge >= 0.3 is 0 Å². The van der Waals surface area contributed by atoms with E-state index in [4.69, 9.17) is 0 Å². The first-order valence-corrected chi connectivity index (χ1v) is 1.05. The summed E-state index contributed by atoms with van der Waals surface area (Å²) in [6, 6.07) is 0. The fourth-order valence-corrected chi connectivity index (χ4v) is 0.0393. The normalized spacial score (nSPS) is 8.00. The molecule has 0 aliphatic heterocycles. The molecule has 24 valence electrons. The molecule has 0 aromatic rings. The first kappa shape index (κ1) is 5.05. The van der Waals surface area contributed by atoms with Gasteiger partial charge in [-0.15, -0.1) is 0 Å². The second-order valence-electron chi connectivity index (χ2n) is 0.451. The van der Waals surface area contributed by atoms with Crippen molar-refractivity contribution in [2.75, 3.05) is 6.79 Å². The van der Waals surface area contributed by atoms with Crippen LogP contribution in [-0.2, 0) is 9.31 Å². The maximum absolute atomic E-state index is 4.43. The summed E-state index contributed by atoms with van der Waals surface area (Å²) in [7, 11) is 8.87. The number of rotatable bonds is 2. The Labute approximate surface area is 33.3 Å². The molecule has 0 aromatic heterocycles. The van der Waals surface area contributed by atoms with E-state index in [0.29, 0.717) is 0 Å². The summed E-state index contributed by atoms with van der Waals surface area (Å²) in [5.41, 5.74) is 0. The zero-order valence-electron chi connectivity index (χ0n) is 2.68. The van der Waals surface area contributed by atoms with E-state index >= 15 is 0 Å². The molecule has 0 bridgehead atoms. The minimum atomic E-state index is -0.0556. The fourth-order valence-electron chi connectivity index (χ4n) is 0.0393. The Hall–Kier alpha value is 0.0499. The van der Waals surface area contributed by atoms with E-state index < -0.39 is 0 Å². The molecule has 0 fully saturated rings. The Morgan fingerprint density at radius 2 is 1.60 bits per heavy atom. The van der Waals surface area contributed by atoms with Gasteiger partial charge in [-0.25, -0.2) is 0 Å². The fraction of sp³-hybridized carbons (Fsp3) is 1.00. The molecule has 0 atom stereocenters. The van der Waals surface area contributed by atoms with Gasteiger partial charge in [0.2, 0.25) is 0 Å². The van der Waals surface area contributed by atoms with Crippen LogP contribution in [0.1, 0.15) is 0 Å². The van der Waals surface area contributed by atoms with Gasteiger partial charge in [-0.1, -0.05) is 0 Å². The zero-order chi connectivity index (χ0) is 4.12. The summed E-state index contributed by atoms with van der Waals surface area (Å²) in [5, 5.41) is 0. The molecule has 0 rings (SSSR count). The predicted molar refractivity (Wildman–Crippen MR) is 18.5 cm³/mol. The van der Waals surface area contributed by atoms with Crippen molar-refractivity contribution in [3.63, 3.8) is 0 Å². The molecule has 4 radical (unpaired) electrons. The van der Waals surface area contributed by atoms with Crippen LogP contribution in [0.4, 0.5) is 0 Å². The van der Waals surface area contributed by atoms with Crippen molar-refractivity contribution in [2.24, 2.45) is 0 Å². The molecule has 0 spiro atoms. The van der Waals surface area contributed by atoms with Crippen molar-refractivity contribution >= 4 is 16.1 Å². The van der Waals surface area contributed by atoms with Crippen molar-refractivity contribution in [1.29, 1.82) is 0 Å². The summed E-state index contributed by atoms with van der Waals surface area (Å²) in [5.74, 6) is 0. The van der Waals surface area contributed by atoms with Crippen molar-refractivity contribution < 1.29 is 9.31 Å². The average molecular weight is 67.6 g/mol. The average Bonchev–Trinajstić information content (AvgIpc) is 1.41. The topological polar surface area (TPSA) is 18.5 Å². The Bertz CT molecular complexity index is 15.1. The van der Waals surface area contributed by atoms with Crippen LogP contribution >= 0.6 is 0 Å². The molecule has 0 N–H and O–H groups in total. The Balaban J connectivity index is 2.19. The summed E-state index contributed by atoms with van der Waals surface area (Å²) in [4.78, 5) is 0. The van der Waals surface area contributed by atoms with Crippen LogP contribution in [-0.4, -0.2) is 22.9 Å². The molecule has 0 aliphatic rings. The van der Waals surface area contributed by atoms with Crippen molar-refractivity contribution in [1.82, 2.24) is 0 Å². The lowest BCUT2D eigenvalue weighted by Gasteiger charge is -1.89. The largest absolute Gasteiger partial charge is 0.428 e. The van der Waals surface area contributed by atoms with Gasteiger partial charge in [-0.3, -0.25) is 0 Å². The molecular formula is CH2B2O2. The second-order valence-corrected chi connectivity index (χ2v) is 0.451. The van der Waals surface area contributed by atoms with E-state index in [2.05, 4.69) is 25.4 Å². The Morgan fingerprint density at radius 3 is 1.60 bits per heavy atom. The van der Waals surface area contributed by atoms with E-state index in [1.165, 1.54) is 0 Å². The minimum absolute atomic E-state index is 0.0556. The van der Waals surface area contributed by atoms with Gasteiger partial charge in [-0.2, -0.15) is 0 Å². The van der Waals surface area contributed by atoms with Gasteiger partial charge in [0.1, 0.15) is 6.79 Å². The van der Waals surface area contributed by atoms with Gasteiger partial charge in [0.05, 0.1) is 0 Å². The van der Waals surface area contributed by atoms with E-state index in [9.17, 15) is 0 Å². The minimum Gasteiger partial charge on any atom is -0.428 e. The number of hydrogen-bond acceptors (Lipinski definition) is 2. The maximum Gasteiger partial charge on any atom is 0.285 e. The van der Waals surface area contributed by atoms with E-state index in [0.717, 1.165) is 0 Å².